The van der Waals surface area contributed by atoms with Crippen molar-refractivity contribution in [2.75, 3.05) is 20.3 Å². The van der Waals surface area contributed by atoms with Crippen LogP contribution in [-0.2, 0) is 24.2 Å². The second-order valence-electron chi connectivity index (χ2n) is 6.23. The zero-order valence-corrected chi connectivity index (χ0v) is 15.6. The predicted molar refractivity (Wildman–Crippen MR) is 98.7 cm³/mol. The lowest BCUT2D eigenvalue weighted by Gasteiger charge is -2.20. The largest absolute Gasteiger partial charge is 0.444 e. The second-order valence-corrected chi connectivity index (χ2v) is 7.01. The van der Waals surface area contributed by atoms with E-state index in [1.807, 2.05) is 4.90 Å². The summed E-state index contributed by atoms with van der Waals surface area (Å²) in [5, 5.41) is 1.27. The number of furan rings is 1. The Hall–Kier alpha value is -2.05. The maximum Gasteiger partial charge on any atom is 0.289 e. The van der Waals surface area contributed by atoms with E-state index in [1.165, 1.54) is 22.0 Å². The molecule has 0 fully saturated rings. The van der Waals surface area contributed by atoms with Crippen molar-refractivity contribution in [1.29, 1.82) is 0 Å². The molecular formula is C19H19BrN2O3. The first kappa shape index (κ1) is 16.4. The summed E-state index contributed by atoms with van der Waals surface area (Å²) in [7, 11) is 1.72. The molecule has 2 aromatic heterocycles. The Bertz CT molecular complexity index is 928. The number of hydrogen-bond donors (Lipinski definition) is 0. The zero-order valence-electron chi connectivity index (χ0n) is 14.0. The maximum absolute atomic E-state index is 12.8. The van der Waals surface area contributed by atoms with Gasteiger partial charge in [-0.1, -0.05) is 12.1 Å². The molecule has 0 unspecified atom stereocenters. The Morgan fingerprint density at radius 2 is 2.16 bits per heavy atom. The molecule has 3 heterocycles. The first-order valence-electron chi connectivity index (χ1n) is 8.30. The van der Waals surface area contributed by atoms with Gasteiger partial charge in [-0.15, -0.1) is 0 Å². The van der Waals surface area contributed by atoms with Gasteiger partial charge in [0.25, 0.3) is 5.91 Å². The topological polar surface area (TPSA) is 47.6 Å². The SMILES string of the molecule is COCCn1cc2c3c(cccc31)CN(C(=O)c1ccc(Br)o1)CC2. The van der Waals surface area contributed by atoms with E-state index in [2.05, 4.69) is 44.9 Å². The second kappa shape index (κ2) is 6.69. The van der Waals surface area contributed by atoms with Gasteiger partial charge in [-0.2, -0.15) is 0 Å². The highest BCUT2D eigenvalue weighted by Gasteiger charge is 2.24. The van der Waals surface area contributed by atoms with Crippen molar-refractivity contribution in [2.24, 2.45) is 0 Å². The molecule has 1 aliphatic heterocycles. The Morgan fingerprint density at radius 1 is 1.28 bits per heavy atom. The number of amides is 1. The van der Waals surface area contributed by atoms with E-state index >= 15 is 0 Å². The van der Waals surface area contributed by atoms with Crippen LogP contribution >= 0.6 is 15.9 Å². The van der Waals surface area contributed by atoms with Crippen molar-refractivity contribution in [3.8, 4) is 0 Å². The number of nitrogens with zero attached hydrogens (tertiary/aromatic N) is 2. The lowest BCUT2D eigenvalue weighted by molar-refractivity contribution is 0.0714. The van der Waals surface area contributed by atoms with E-state index in [9.17, 15) is 4.79 Å². The molecule has 0 saturated heterocycles. The van der Waals surface area contributed by atoms with Crippen LogP contribution in [0.3, 0.4) is 0 Å². The van der Waals surface area contributed by atoms with Gasteiger partial charge in [-0.3, -0.25) is 4.79 Å². The quantitative estimate of drug-likeness (QED) is 0.665. The number of rotatable bonds is 4. The number of benzene rings is 1. The van der Waals surface area contributed by atoms with Gasteiger partial charge in [0, 0.05) is 43.8 Å². The Kier molecular flexibility index (Phi) is 4.39. The van der Waals surface area contributed by atoms with Crippen LogP contribution in [0.5, 0.6) is 0 Å². The molecule has 1 amide bonds. The molecule has 25 heavy (non-hydrogen) atoms. The average Bonchev–Trinajstić information content (AvgIpc) is 3.14. The highest BCUT2D eigenvalue weighted by atomic mass is 79.9. The first-order chi connectivity index (χ1) is 12.2. The minimum Gasteiger partial charge on any atom is -0.444 e. The number of ether oxygens (including phenoxy) is 1. The summed E-state index contributed by atoms with van der Waals surface area (Å²) in [4.78, 5) is 14.6. The fourth-order valence-electron chi connectivity index (χ4n) is 3.51. The molecule has 0 spiro atoms. The van der Waals surface area contributed by atoms with Gasteiger partial charge in [0.1, 0.15) is 0 Å². The number of carbonyl (C=O) groups is 1. The number of halogens is 1. The molecule has 4 rings (SSSR count). The summed E-state index contributed by atoms with van der Waals surface area (Å²) in [6, 6.07) is 9.76. The van der Waals surface area contributed by atoms with Crippen molar-refractivity contribution in [3.63, 3.8) is 0 Å². The molecule has 0 saturated carbocycles. The summed E-state index contributed by atoms with van der Waals surface area (Å²) < 4.78 is 13.5. The lowest BCUT2D eigenvalue weighted by atomic mass is 10.1. The van der Waals surface area contributed by atoms with Crippen LogP contribution in [0.2, 0.25) is 0 Å². The molecule has 5 nitrogen and oxygen atoms in total. The summed E-state index contributed by atoms with van der Waals surface area (Å²) in [6.45, 7) is 2.79. The fraction of sp³-hybridized carbons (Fsp3) is 0.316. The van der Waals surface area contributed by atoms with Crippen LogP contribution in [0, 0.1) is 0 Å². The summed E-state index contributed by atoms with van der Waals surface area (Å²) >= 11 is 3.26. The summed E-state index contributed by atoms with van der Waals surface area (Å²) in [5.74, 6) is 0.302. The Labute approximate surface area is 154 Å². The van der Waals surface area contributed by atoms with Crippen LogP contribution in [-0.4, -0.2) is 35.6 Å². The van der Waals surface area contributed by atoms with E-state index < -0.39 is 0 Å². The van der Waals surface area contributed by atoms with Gasteiger partial charge in [-0.25, -0.2) is 0 Å². The average molecular weight is 403 g/mol. The number of hydrogen-bond acceptors (Lipinski definition) is 3. The highest BCUT2D eigenvalue weighted by molar-refractivity contribution is 9.10. The predicted octanol–water partition coefficient (Wildman–Crippen LogP) is 3.84. The van der Waals surface area contributed by atoms with Gasteiger partial charge in [0.05, 0.1) is 6.61 Å². The molecule has 6 heteroatoms. The van der Waals surface area contributed by atoms with Gasteiger partial charge in [-0.05, 0) is 51.7 Å². The van der Waals surface area contributed by atoms with E-state index in [-0.39, 0.29) is 5.91 Å². The summed E-state index contributed by atoms with van der Waals surface area (Å²) in [6.07, 6.45) is 3.03. The van der Waals surface area contributed by atoms with Crippen LogP contribution in [0.4, 0.5) is 0 Å². The molecule has 0 N–H and O–H groups in total. The first-order valence-corrected chi connectivity index (χ1v) is 9.10. The third kappa shape index (κ3) is 3.00. The highest BCUT2D eigenvalue weighted by Crippen LogP contribution is 2.30. The number of aromatic nitrogens is 1. The van der Waals surface area contributed by atoms with E-state index in [0.29, 0.717) is 30.1 Å². The third-order valence-electron chi connectivity index (χ3n) is 4.69. The molecular weight excluding hydrogens is 384 g/mol. The smallest absolute Gasteiger partial charge is 0.289 e. The Balaban J connectivity index is 1.68. The minimum atomic E-state index is -0.0693. The van der Waals surface area contributed by atoms with Gasteiger partial charge in [0.15, 0.2) is 10.4 Å². The molecule has 1 aromatic carbocycles. The van der Waals surface area contributed by atoms with Crippen LogP contribution < -0.4 is 0 Å². The van der Waals surface area contributed by atoms with Crippen molar-refractivity contribution in [2.45, 2.75) is 19.5 Å². The molecule has 0 radical (unpaired) electrons. The van der Waals surface area contributed by atoms with Crippen molar-refractivity contribution < 1.29 is 13.9 Å². The van der Waals surface area contributed by atoms with Crippen LogP contribution in [0.25, 0.3) is 10.9 Å². The standard InChI is InChI=1S/C19H19BrN2O3/c1-24-10-9-21-11-14-7-8-22(19(23)16-5-6-17(20)25-16)12-13-3-2-4-15(21)18(13)14/h2-6,11H,7-10,12H2,1H3. The van der Waals surface area contributed by atoms with E-state index in [4.69, 9.17) is 9.15 Å². The molecule has 0 bridgehead atoms. The van der Waals surface area contributed by atoms with Gasteiger partial charge >= 0.3 is 0 Å². The molecule has 130 valence electrons. The van der Waals surface area contributed by atoms with E-state index in [0.717, 1.165) is 13.0 Å². The molecule has 0 atom stereocenters. The van der Waals surface area contributed by atoms with Crippen molar-refractivity contribution in [1.82, 2.24) is 9.47 Å². The normalized spacial score (nSPS) is 14.1. The number of methoxy groups -OCH3 is 1. The van der Waals surface area contributed by atoms with Gasteiger partial charge in [0.2, 0.25) is 0 Å². The molecule has 3 aromatic rings. The zero-order chi connectivity index (χ0) is 17.4. The van der Waals surface area contributed by atoms with Crippen molar-refractivity contribution in [3.05, 3.63) is 58.1 Å². The van der Waals surface area contributed by atoms with E-state index in [1.54, 1.807) is 19.2 Å². The van der Waals surface area contributed by atoms with Crippen LogP contribution in [0.15, 0.2) is 45.6 Å². The monoisotopic (exact) mass is 402 g/mol. The Morgan fingerprint density at radius 3 is 2.92 bits per heavy atom. The van der Waals surface area contributed by atoms with Crippen molar-refractivity contribution >= 4 is 32.7 Å². The third-order valence-corrected chi connectivity index (χ3v) is 5.12. The van der Waals surface area contributed by atoms with Gasteiger partial charge < -0.3 is 18.6 Å². The maximum atomic E-state index is 12.8. The summed E-state index contributed by atoms with van der Waals surface area (Å²) in [5.41, 5.74) is 3.68. The molecule has 0 aliphatic carbocycles. The fourth-order valence-corrected chi connectivity index (χ4v) is 3.82. The number of carbonyl (C=O) groups excluding carboxylic acids is 1. The minimum absolute atomic E-state index is 0.0693. The molecule has 1 aliphatic rings. The lowest BCUT2D eigenvalue weighted by Crippen LogP contribution is -2.31. The van der Waals surface area contributed by atoms with Crippen LogP contribution in [0.1, 0.15) is 21.7 Å².